The highest BCUT2D eigenvalue weighted by Gasteiger charge is 2.14. The Hall–Kier alpha value is -1.51. The molecule has 2 rings (SSSR count). The second-order valence-electron chi connectivity index (χ2n) is 3.77. The lowest BCUT2D eigenvalue weighted by molar-refractivity contribution is 0.581. The molecule has 8 heteroatoms. The van der Waals surface area contributed by atoms with E-state index < -0.39 is 10.0 Å². The maximum atomic E-state index is 12.0. The van der Waals surface area contributed by atoms with Gasteiger partial charge in [0.2, 0.25) is 16.0 Å². The van der Waals surface area contributed by atoms with Gasteiger partial charge in [0.15, 0.2) is 0 Å². The van der Waals surface area contributed by atoms with Crippen LogP contribution in [0.25, 0.3) is 0 Å². The molecule has 0 aliphatic rings. The van der Waals surface area contributed by atoms with E-state index in [1.54, 1.807) is 18.4 Å². The zero-order valence-electron chi connectivity index (χ0n) is 10.3. The standard InChI is InChI=1S/C11H14N4O2S2/c1-12-11-13-6-10(7-14-11)19(16,17)15-4-2-9-3-5-18-8-9/h3,5-8,15H,2,4H2,1H3,(H,12,13,14). The van der Waals surface area contributed by atoms with E-state index >= 15 is 0 Å². The van der Waals surface area contributed by atoms with Gasteiger partial charge in [-0.25, -0.2) is 23.1 Å². The van der Waals surface area contributed by atoms with Crippen molar-refractivity contribution in [2.24, 2.45) is 0 Å². The first-order chi connectivity index (χ1) is 9.12. The summed E-state index contributed by atoms with van der Waals surface area (Å²) in [4.78, 5) is 7.83. The van der Waals surface area contributed by atoms with Crippen LogP contribution in [-0.2, 0) is 16.4 Å². The third kappa shape index (κ3) is 3.72. The van der Waals surface area contributed by atoms with Crippen molar-refractivity contribution >= 4 is 27.3 Å². The molecular formula is C11H14N4O2S2. The Labute approximate surface area is 116 Å². The molecule has 0 fully saturated rings. The van der Waals surface area contributed by atoms with Crippen LogP contribution in [-0.4, -0.2) is 32.0 Å². The Balaban J connectivity index is 1.97. The van der Waals surface area contributed by atoms with Gasteiger partial charge < -0.3 is 5.32 Å². The molecule has 19 heavy (non-hydrogen) atoms. The molecule has 2 aromatic rings. The quantitative estimate of drug-likeness (QED) is 0.834. The van der Waals surface area contributed by atoms with Crippen molar-refractivity contribution < 1.29 is 8.42 Å². The first-order valence-corrected chi connectivity index (χ1v) is 8.05. The molecule has 0 aliphatic heterocycles. The number of sulfonamides is 1. The number of hydrogen-bond acceptors (Lipinski definition) is 6. The van der Waals surface area contributed by atoms with E-state index in [4.69, 9.17) is 0 Å². The van der Waals surface area contributed by atoms with Crippen molar-refractivity contribution in [1.29, 1.82) is 0 Å². The molecular weight excluding hydrogens is 284 g/mol. The van der Waals surface area contributed by atoms with Gasteiger partial charge in [-0.05, 0) is 28.8 Å². The molecule has 0 saturated heterocycles. The van der Waals surface area contributed by atoms with Gasteiger partial charge >= 0.3 is 0 Å². The first-order valence-electron chi connectivity index (χ1n) is 5.62. The van der Waals surface area contributed by atoms with E-state index in [2.05, 4.69) is 20.0 Å². The highest BCUT2D eigenvalue weighted by molar-refractivity contribution is 7.89. The minimum Gasteiger partial charge on any atom is -0.357 e. The molecule has 0 unspecified atom stereocenters. The third-order valence-electron chi connectivity index (χ3n) is 2.45. The Morgan fingerprint density at radius 1 is 1.32 bits per heavy atom. The number of thiophene rings is 1. The van der Waals surface area contributed by atoms with Gasteiger partial charge in [0.05, 0.1) is 12.4 Å². The Kier molecular flexibility index (Phi) is 4.46. The zero-order valence-corrected chi connectivity index (χ0v) is 12.0. The average molecular weight is 298 g/mol. The van der Waals surface area contributed by atoms with Gasteiger partial charge in [0.25, 0.3) is 0 Å². The van der Waals surface area contributed by atoms with E-state index in [0.29, 0.717) is 18.9 Å². The summed E-state index contributed by atoms with van der Waals surface area (Å²) in [6.07, 6.45) is 3.23. The van der Waals surface area contributed by atoms with Crippen molar-refractivity contribution in [3.05, 3.63) is 34.8 Å². The fraction of sp³-hybridized carbons (Fsp3) is 0.273. The van der Waals surface area contributed by atoms with E-state index in [1.165, 1.54) is 12.4 Å². The number of hydrogen-bond donors (Lipinski definition) is 2. The number of rotatable bonds is 6. The van der Waals surface area contributed by atoms with Crippen molar-refractivity contribution in [3.63, 3.8) is 0 Å². The van der Waals surface area contributed by atoms with Crippen molar-refractivity contribution in [3.8, 4) is 0 Å². The summed E-state index contributed by atoms with van der Waals surface area (Å²) >= 11 is 1.59. The van der Waals surface area contributed by atoms with Gasteiger partial charge in [-0.2, -0.15) is 11.3 Å². The molecule has 2 N–H and O–H groups in total. The van der Waals surface area contributed by atoms with Crippen LogP contribution in [0.3, 0.4) is 0 Å². The Bertz CT molecular complexity index is 609. The molecule has 0 bridgehead atoms. The molecule has 6 nitrogen and oxygen atoms in total. The lowest BCUT2D eigenvalue weighted by Crippen LogP contribution is -2.26. The fourth-order valence-electron chi connectivity index (χ4n) is 1.43. The molecule has 2 heterocycles. The predicted molar refractivity (Wildman–Crippen MR) is 74.8 cm³/mol. The molecule has 0 atom stereocenters. The van der Waals surface area contributed by atoms with Crippen molar-refractivity contribution in [1.82, 2.24) is 14.7 Å². The maximum Gasteiger partial charge on any atom is 0.243 e. The zero-order chi connectivity index (χ0) is 13.7. The minimum atomic E-state index is -3.54. The number of anilines is 1. The lowest BCUT2D eigenvalue weighted by Gasteiger charge is -2.06. The van der Waals surface area contributed by atoms with Crippen LogP contribution in [0, 0.1) is 0 Å². The highest BCUT2D eigenvalue weighted by Crippen LogP contribution is 2.09. The van der Waals surface area contributed by atoms with Gasteiger partial charge in [0.1, 0.15) is 4.90 Å². The third-order valence-corrected chi connectivity index (χ3v) is 4.60. The number of aromatic nitrogens is 2. The normalized spacial score (nSPS) is 11.4. The van der Waals surface area contributed by atoms with E-state index in [1.807, 2.05) is 16.8 Å². The molecule has 2 aromatic heterocycles. The smallest absolute Gasteiger partial charge is 0.243 e. The second kappa shape index (κ2) is 6.09. The summed E-state index contributed by atoms with van der Waals surface area (Å²) in [5.74, 6) is 0.386. The molecule has 0 aromatic carbocycles. The highest BCUT2D eigenvalue weighted by atomic mass is 32.2. The molecule has 0 amide bonds. The van der Waals surface area contributed by atoms with E-state index in [0.717, 1.165) is 5.56 Å². The van der Waals surface area contributed by atoms with Crippen LogP contribution >= 0.6 is 11.3 Å². The summed E-state index contributed by atoms with van der Waals surface area (Å²) < 4.78 is 26.4. The molecule has 0 radical (unpaired) electrons. The van der Waals surface area contributed by atoms with E-state index in [-0.39, 0.29) is 4.90 Å². The Morgan fingerprint density at radius 3 is 2.63 bits per heavy atom. The molecule has 0 aliphatic carbocycles. The average Bonchev–Trinajstić information content (AvgIpc) is 2.92. The van der Waals surface area contributed by atoms with Crippen molar-refractivity contribution in [2.45, 2.75) is 11.3 Å². The molecule has 102 valence electrons. The summed E-state index contributed by atoms with van der Waals surface area (Å²) in [7, 11) is -1.87. The van der Waals surface area contributed by atoms with Gasteiger partial charge in [0, 0.05) is 13.6 Å². The summed E-state index contributed by atoms with van der Waals surface area (Å²) in [5.41, 5.74) is 1.12. The molecule has 0 saturated carbocycles. The Morgan fingerprint density at radius 2 is 2.05 bits per heavy atom. The number of nitrogens with zero attached hydrogens (tertiary/aromatic N) is 2. The van der Waals surface area contributed by atoms with E-state index in [9.17, 15) is 8.42 Å². The van der Waals surface area contributed by atoms with Crippen LogP contribution in [0.5, 0.6) is 0 Å². The first kappa shape index (κ1) is 13.9. The fourth-order valence-corrected chi connectivity index (χ4v) is 3.06. The molecule has 0 spiro atoms. The monoisotopic (exact) mass is 298 g/mol. The van der Waals surface area contributed by atoms with Gasteiger partial charge in [-0.3, -0.25) is 0 Å². The van der Waals surface area contributed by atoms with Crippen LogP contribution in [0.2, 0.25) is 0 Å². The van der Waals surface area contributed by atoms with Crippen LogP contribution < -0.4 is 10.0 Å². The van der Waals surface area contributed by atoms with Crippen LogP contribution in [0.1, 0.15) is 5.56 Å². The summed E-state index contributed by atoms with van der Waals surface area (Å²) in [5, 5.41) is 6.70. The van der Waals surface area contributed by atoms with Crippen molar-refractivity contribution in [2.75, 3.05) is 18.9 Å². The SMILES string of the molecule is CNc1ncc(S(=O)(=O)NCCc2ccsc2)cn1. The second-order valence-corrected chi connectivity index (χ2v) is 6.32. The lowest BCUT2D eigenvalue weighted by atomic mass is 10.2. The number of nitrogens with one attached hydrogen (secondary N) is 2. The van der Waals surface area contributed by atoms with Crippen LogP contribution in [0.15, 0.2) is 34.1 Å². The van der Waals surface area contributed by atoms with Gasteiger partial charge in [-0.1, -0.05) is 0 Å². The maximum absolute atomic E-state index is 12.0. The predicted octanol–water partition coefficient (Wildman–Crippen LogP) is 1.10. The van der Waals surface area contributed by atoms with Gasteiger partial charge in [-0.15, -0.1) is 0 Å². The summed E-state index contributed by atoms with van der Waals surface area (Å²) in [6, 6.07) is 1.98. The van der Waals surface area contributed by atoms with Crippen LogP contribution in [0.4, 0.5) is 5.95 Å². The largest absolute Gasteiger partial charge is 0.357 e. The minimum absolute atomic E-state index is 0.0665. The summed E-state index contributed by atoms with van der Waals surface area (Å²) in [6.45, 7) is 0.354. The topological polar surface area (TPSA) is 84.0 Å².